The second-order valence-electron chi connectivity index (χ2n) is 3.76. The summed E-state index contributed by atoms with van der Waals surface area (Å²) in [6.07, 6.45) is 0. The fraction of sp³-hybridized carbons (Fsp3) is 0.417. The normalized spacial score (nSPS) is 12.2. The van der Waals surface area contributed by atoms with Crippen LogP contribution in [0.15, 0.2) is 30.3 Å². The Labute approximate surface area is 95.7 Å². The summed E-state index contributed by atoms with van der Waals surface area (Å²) >= 11 is 0. The summed E-state index contributed by atoms with van der Waals surface area (Å²) in [5.74, 6) is -0.141. The van der Waals surface area contributed by atoms with Gasteiger partial charge in [-0.15, -0.1) is 0 Å². The molecular weight excluding hydrogens is 204 g/mol. The van der Waals surface area contributed by atoms with E-state index in [0.717, 1.165) is 5.56 Å². The maximum Gasteiger partial charge on any atom is 0.239 e. The molecule has 0 saturated carbocycles. The molecule has 4 nitrogen and oxygen atoms in total. The minimum atomic E-state index is -0.532. The lowest BCUT2D eigenvalue weighted by atomic mass is 10.2. The van der Waals surface area contributed by atoms with Gasteiger partial charge in [-0.1, -0.05) is 30.3 Å². The van der Waals surface area contributed by atoms with Crippen LogP contribution >= 0.6 is 0 Å². The van der Waals surface area contributed by atoms with Crippen molar-refractivity contribution in [2.75, 3.05) is 13.2 Å². The summed E-state index contributed by atoms with van der Waals surface area (Å²) in [5.41, 5.74) is 6.58. The number of amides is 1. The first-order valence-electron chi connectivity index (χ1n) is 5.34. The molecule has 0 aliphatic carbocycles. The van der Waals surface area contributed by atoms with Crippen molar-refractivity contribution in [3.8, 4) is 0 Å². The molecule has 1 atom stereocenters. The van der Waals surface area contributed by atoms with Gasteiger partial charge in [0.15, 0.2) is 0 Å². The molecule has 0 aliphatic rings. The molecule has 0 bridgehead atoms. The number of hydrogen-bond donors (Lipinski definition) is 2. The van der Waals surface area contributed by atoms with Crippen LogP contribution in [-0.4, -0.2) is 35.1 Å². The van der Waals surface area contributed by atoms with Crippen molar-refractivity contribution in [3.63, 3.8) is 0 Å². The molecule has 1 aromatic carbocycles. The molecule has 0 spiro atoms. The van der Waals surface area contributed by atoms with E-state index in [1.807, 2.05) is 30.3 Å². The Morgan fingerprint density at radius 3 is 2.56 bits per heavy atom. The van der Waals surface area contributed by atoms with Crippen molar-refractivity contribution in [1.82, 2.24) is 4.90 Å². The van der Waals surface area contributed by atoms with Crippen LogP contribution in [0.1, 0.15) is 12.5 Å². The van der Waals surface area contributed by atoms with E-state index >= 15 is 0 Å². The number of carbonyl (C=O) groups excluding carboxylic acids is 1. The zero-order valence-corrected chi connectivity index (χ0v) is 9.47. The first kappa shape index (κ1) is 12.7. The summed E-state index contributed by atoms with van der Waals surface area (Å²) in [6, 6.07) is 9.12. The number of carbonyl (C=O) groups is 1. The van der Waals surface area contributed by atoms with Crippen molar-refractivity contribution in [2.24, 2.45) is 5.73 Å². The standard InChI is InChI=1S/C12H18N2O2/c1-10(13)12(16)14(7-8-15)9-11-5-3-2-4-6-11/h2-6,10,15H,7-9,13H2,1H3/t10-/m0/s1. The van der Waals surface area contributed by atoms with E-state index in [-0.39, 0.29) is 12.5 Å². The van der Waals surface area contributed by atoms with E-state index < -0.39 is 6.04 Å². The fourth-order valence-corrected chi connectivity index (χ4v) is 1.48. The average Bonchev–Trinajstić information content (AvgIpc) is 2.29. The maximum atomic E-state index is 11.7. The molecule has 4 heteroatoms. The highest BCUT2D eigenvalue weighted by Gasteiger charge is 2.16. The van der Waals surface area contributed by atoms with Gasteiger partial charge in [0.2, 0.25) is 5.91 Å². The van der Waals surface area contributed by atoms with Crippen LogP contribution in [0.3, 0.4) is 0 Å². The van der Waals surface area contributed by atoms with Gasteiger partial charge in [0.1, 0.15) is 0 Å². The van der Waals surface area contributed by atoms with Gasteiger partial charge < -0.3 is 15.7 Å². The minimum absolute atomic E-state index is 0.0503. The Kier molecular flexibility index (Phi) is 4.95. The van der Waals surface area contributed by atoms with Crippen LogP contribution in [0.5, 0.6) is 0 Å². The lowest BCUT2D eigenvalue weighted by molar-refractivity contribution is -0.133. The average molecular weight is 222 g/mol. The number of aliphatic hydroxyl groups is 1. The van der Waals surface area contributed by atoms with Crippen LogP contribution in [0.4, 0.5) is 0 Å². The number of hydrogen-bond acceptors (Lipinski definition) is 3. The predicted molar refractivity (Wildman–Crippen MR) is 62.6 cm³/mol. The smallest absolute Gasteiger partial charge is 0.239 e. The minimum Gasteiger partial charge on any atom is -0.395 e. The largest absolute Gasteiger partial charge is 0.395 e. The second-order valence-corrected chi connectivity index (χ2v) is 3.76. The van der Waals surface area contributed by atoms with Crippen molar-refractivity contribution < 1.29 is 9.90 Å². The molecule has 88 valence electrons. The molecule has 3 N–H and O–H groups in total. The number of nitrogens with two attached hydrogens (primary N) is 1. The Bertz CT molecular complexity index is 325. The van der Waals surface area contributed by atoms with Crippen LogP contribution in [0.2, 0.25) is 0 Å². The molecule has 0 aliphatic heterocycles. The van der Waals surface area contributed by atoms with Gasteiger partial charge in [0.05, 0.1) is 12.6 Å². The summed E-state index contributed by atoms with van der Waals surface area (Å²) in [5, 5.41) is 8.91. The van der Waals surface area contributed by atoms with Gasteiger partial charge in [-0.2, -0.15) is 0 Å². The van der Waals surface area contributed by atoms with E-state index in [4.69, 9.17) is 10.8 Å². The Balaban J connectivity index is 2.68. The summed E-state index contributed by atoms with van der Waals surface area (Å²) in [6.45, 7) is 2.40. The van der Waals surface area contributed by atoms with Gasteiger partial charge >= 0.3 is 0 Å². The molecule has 1 aromatic rings. The molecule has 0 fully saturated rings. The highest BCUT2D eigenvalue weighted by molar-refractivity contribution is 5.81. The third-order valence-corrected chi connectivity index (χ3v) is 2.29. The number of benzene rings is 1. The predicted octanol–water partition coefficient (Wildman–Crippen LogP) is 0.355. The molecule has 0 unspecified atom stereocenters. The van der Waals surface area contributed by atoms with Crippen LogP contribution in [-0.2, 0) is 11.3 Å². The number of rotatable bonds is 5. The van der Waals surface area contributed by atoms with E-state index in [9.17, 15) is 4.79 Å². The first-order valence-corrected chi connectivity index (χ1v) is 5.34. The van der Waals surface area contributed by atoms with E-state index in [2.05, 4.69) is 0 Å². The van der Waals surface area contributed by atoms with Crippen molar-refractivity contribution in [3.05, 3.63) is 35.9 Å². The van der Waals surface area contributed by atoms with Gasteiger partial charge in [0.25, 0.3) is 0 Å². The Morgan fingerprint density at radius 2 is 2.06 bits per heavy atom. The Hall–Kier alpha value is -1.39. The molecule has 1 amide bonds. The van der Waals surface area contributed by atoms with E-state index in [0.29, 0.717) is 13.1 Å². The molecule has 1 rings (SSSR count). The zero-order chi connectivity index (χ0) is 12.0. The van der Waals surface area contributed by atoms with Crippen molar-refractivity contribution >= 4 is 5.91 Å². The third kappa shape index (κ3) is 3.64. The molecule has 0 radical (unpaired) electrons. The van der Waals surface area contributed by atoms with Crippen molar-refractivity contribution in [2.45, 2.75) is 19.5 Å². The highest BCUT2D eigenvalue weighted by Crippen LogP contribution is 2.05. The monoisotopic (exact) mass is 222 g/mol. The number of nitrogens with zero attached hydrogens (tertiary/aromatic N) is 1. The summed E-state index contributed by atoms with van der Waals surface area (Å²) in [7, 11) is 0. The van der Waals surface area contributed by atoms with Crippen molar-refractivity contribution in [1.29, 1.82) is 0 Å². The van der Waals surface area contributed by atoms with Gasteiger partial charge in [-0.05, 0) is 12.5 Å². The fourth-order valence-electron chi connectivity index (χ4n) is 1.48. The lowest BCUT2D eigenvalue weighted by Gasteiger charge is -2.23. The molecular formula is C12H18N2O2. The quantitative estimate of drug-likeness (QED) is 0.755. The maximum absolute atomic E-state index is 11.7. The SMILES string of the molecule is C[C@H](N)C(=O)N(CCO)Cc1ccccc1. The second kappa shape index (κ2) is 6.25. The van der Waals surface area contributed by atoms with Gasteiger partial charge in [-0.3, -0.25) is 4.79 Å². The summed E-state index contributed by atoms with van der Waals surface area (Å²) in [4.78, 5) is 13.3. The van der Waals surface area contributed by atoms with Crippen LogP contribution < -0.4 is 5.73 Å². The van der Waals surface area contributed by atoms with Gasteiger partial charge in [-0.25, -0.2) is 0 Å². The molecule has 16 heavy (non-hydrogen) atoms. The molecule has 0 aromatic heterocycles. The highest BCUT2D eigenvalue weighted by atomic mass is 16.3. The lowest BCUT2D eigenvalue weighted by Crippen LogP contribution is -2.42. The topological polar surface area (TPSA) is 66.6 Å². The Morgan fingerprint density at radius 1 is 1.44 bits per heavy atom. The van der Waals surface area contributed by atoms with E-state index in [1.165, 1.54) is 0 Å². The van der Waals surface area contributed by atoms with E-state index in [1.54, 1.807) is 11.8 Å². The van der Waals surface area contributed by atoms with Gasteiger partial charge in [0, 0.05) is 13.1 Å². The third-order valence-electron chi connectivity index (χ3n) is 2.29. The number of aliphatic hydroxyl groups excluding tert-OH is 1. The molecule has 0 heterocycles. The molecule has 0 saturated heterocycles. The van der Waals surface area contributed by atoms with Crippen LogP contribution in [0, 0.1) is 0 Å². The summed E-state index contributed by atoms with van der Waals surface area (Å²) < 4.78 is 0. The van der Waals surface area contributed by atoms with Crippen LogP contribution in [0.25, 0.3) is 0 Å². The zero-order valence-electron chi connectivity index (χ0n) is 9.47. The first-order chi connectivity index (χ1) is 7.65.